The Hall–Kier alpha value is -6.36. The summed E-state index contributed by atoms with van der Waals surface area (Å²) in [5.74, 6) is -1.98. The predicted molar refractivity (Wildman–Crippen MR) is 194 cm³/mol. The van der Waals surface area contributed by atoms with Crippen molar-refractivity contribution >= 4 is 24.1 Å². The lowest BCUT2D eigenvalue weighted by molar-refractivity contribution is 0.0686. The van der Waals surface area contributed by atoms with Crippen LogP contribution in [0.15, 0.2) is 122 Å². The van der Waals surface area contributed by atoms with Crippen LogP contribution in [0.25, 0.3) is 57.2 Å². The van der Waals surface area contributed by atoms with Crippen LogP contribution in [-0.2, 0) is 22.9 Å². The maximum atomic E-state index is 11.7. The number of aromatic nitrogens is 4. The maximum Gasteiger partial charge on any atom is 0.336 e. The first-order valence-electron chi connectivity index (χ1n) is 15.5. The van der Waals surface area contributed by atoms with Crippen LogP contribution in [-0.4, -0.2) is 55.9 Å². The van der Waals surface area contributed by atoms with Crippen molar-refractivity contribution in [2.24, 2.45) is 0 Å². The van der Waals surface area contributed by atoms with Crippen LogP contribution < -0.4 is 0 Å². The Bertz CT molecular complexity index is 2130. The molecule has 0 saturated heterocycles. The SMILES string of the molecule is C=Cc1c(-c2ccccc2)nn(COC)c1-c1ccccc1C(=O)O.C=Cc1c(-c2ccccc2C(=O)O)nn(COC)c1-c1ccccc1. The van der Waals surface area contributed by atoms with E-state index in [1.807, 2.05) is 60.7 Å². The molecule has 0 saturated carbocycles. The summed E-state index contributed by atoms with van der Waals surface area (Å²) in [5, 5.41) is 28.3. The third kappa shape index (κ3) is 7.21. The van der Waals surface area contributed by atoms with Crippen molar-refractivity contribution in [1.29, 1.82) is 0 Å². The second kappa shape index (κ2) is 16.2. The van der Waals surface area contributed by atoms with Gasteiger partial charge in [-0.25, -0.2) is 19.0 Å². The van der Waals surface area contributed by atoms with Gasteiger partial charge in [-0.05, 0) is 12.1 Å². The molecule has 252 valence electrons. The highest BCUT2D eigenvalue weighted by Crippen LogP contribution is 2.36. The number of aromatic carboxylic acids is 2. The van der Waals surface area contributed by atoms with Gasteiger partial charge in [-0.1, -0.05) is 122 Å². The Kier molecular flexibility index (Phi) is 11.3. The van der Waals surface area contributed by atoms with E-state index in [2.05, 4.69) is 23.4 Å². The molecule has 0 amide bonds. The zero-order chi connectivity index (χ0) is 35.6. The van der Waals surface area contributed by atoms with Crippen molar-refractivity contribution < 1.29 is 29.3 Å². The average molecular weight is 669 g/mol. The van der Waals surface area contributed by atoms with E-state index in [0.29, 0.717) is 22.5 Å². The Balaban J connectivity index is 0.000000194. The lowest BCUT2D eigenvalue weighted by atomic mass is 9.98. The molecule has 0 atom stereocenters. The number of hydrogen-bond acceptors (Lipinski definition) is 6. The fraction of sp³-hybridized carbons (Fsp3) is 0.100. The number of rotatable bonds is 12. The van der Waals surface area contributed by atoms with Gasteiger partial charge in [0.25, 0.3) is 0 Å². The van der Waals surface area contributed by atoms with E-state index in [1.165, 1.54) is 0 Å². The van der Waals surface area contributed by atoms with Gasteiger partial charge in [0.2, 0.25) is 0 Å². The Morgan fingerprint density at radius 2 is 1.02 bits per heavy atom. The number of hydrogen-bond donors (Lipinski definition) is 2. The molecule has 0 spiro atoms. The predicted octanol–water partition coefficient (Wildman–Crippen LogP) is 8.32. The highest BCUT2D eigenvalue weighted by Gasteiger charge is 2.23. The first kappa shape index (κ1) is 35.0. The van der Waals surface area contributed by atoms with Gasteiger partial charge in [0.15, 0.2) is 0 Å². The number of carboxylic acids is 2. The van der Waals surface area contributed by atoms with E-state index < -0.39 is 11.9 Å². The number of methoxy groups -OCH3 is 2. The number of benzene rings is 4. The van der Waals surface area contributed by atoms with Crippen LogP contribution in [0.4, 0.5) is 0 Å². The van der Waals surface area contributed by atoms with Crippen molar-refractivity contribution in [3.63, 3.8) is 0 Å². The van der Waals surface area contributed by atoms with Gasteiger partial charge in [0, 0.05) is 47.6 Å². The fourth-order valence-corrected chi connectivity index (χ4v) is 5.71. The molecule has 0 aliphatic heterocycles. The molecule has 0 bridgehead atoms. The molecule has 6 aromatic rings. The summed E-state index contributed by atoms with van der Waals surface area (Å²) in [5.41, 5.74) is 7.81. The molecule has 0 aliphatic rings. The van der Waals surface area contributed by atoms with Crippen molar-refractivity contribution in [1.82, 2.24) is 19.6 Å². The van der Waals surface area contributed by atoms with E-state index in [-0.39, 0.29) is 24.6 Å². The molecule has 0 radical (unpaired) electrons. The number of carboxylic acid groups (broad SMARTS) is 2. The van der Waals surface area contributed by atoms with Crippen LogP contribution in [0.1, 0.15) is 31.8 Å². The monoisotopic (exact) mass is 668 g/mol. The van der Waals surface area contributed by atoms with Gasteiger partial charge in [0.1, 0.15) is 24.8 Å². The first-order valence-corrected chi connectivity index (χ1v) is 15.5. The fourth-order valence-electron chi connectivity index (χ4n) is 5.71. The molecule has 50 heavy (non-hydrogen) atoms. The third-order valence-corrected chi connectivity index (χ3v) is 7.81. The molecular formula is C40H36N4O6. The van der Waals surface area contributed by atoms with Gasteiger partial charge < -0.3 is 19.7 Å². The minimum Gasteiger partial charge on any atom is -0.478 e. The molecule has 10 heteroatoms. The molecule has 10 nitrogen and oxygen atoms in total. The largest absolute Gasteiger partial charge is 0.478 e. The summed E-state index contributed by atoms with van der Waals surface area (Å²) >= 11 is 0. The van der Waals surface area contributed by atoms with Gasteiger partial charge in [-0.2, -0.15) is 10.2 Å². The second-order valence-electron chi connectivity index (χ2n) is 10.9. The van der Waals surface area contributed by atoms with Crippen LogP contribution >= 0.6 is 0 Å². The molecule has 2 heterocycles. The molecule has 2 aromatic heterocycles. The van der Waals surface area contributed by atoms with Gasteiger partial charge in [0.05, 0.1) is 22.5 Å². The molecule has 0 unspecified atom stereocenters. The van der Waals surface area contributed by atoms with E-state index in [1.54, 1.807) is 84.3 Å². The topological polar surface area (TPSA) is 129 Å². The maximum absolute atomic E-state index is 11.7. The van der Waals surface area contributed by atoms with Crippen molar-refractivity contribution in [3.05, 3.63) is 145 Å². The lowest BCUT2D eigenvalue weighted by Gasteiger charge is -2.10. The zero-order valence-corrected chi connectivity index (χ0v) is 27.7. The standard InChI is InChI=1S/2C20H18N2O3/c1-3-15-18(16-11-7-8-12-17(16)20(23)24)21-22(13-25-2)19(15)14-9-5-4-6-10-14;1-3-15-18(14-9-5-4-6-10-14)21-22(13-25-2)19(15)16-11-7-8-12-17(16)20(23)24/h2*3-12H,1,13H2,2H3,(H,23,24). The van der Waals surface area contributed by atoms with Crippen molar-refractivity contribution in [2.45, 2.75) is 13.5 Å². The zero-order valence-electron chi connectivity index (χ0n) is 27.7. The minimum absolute atomic E-state index is 0.201. The summed E-state index contributed by atoms with van der Waals surface area (Å²) in [7, 11) is 3.17. The summed E-state index contributed by atoms with van der Waals surface area (Å²) in [4.78, 5) is 23.3. The smallest absolute Gasteiger partial charge is 0.336 e. The van der Waals surface area contributed by atoms with Gasteiger partial charge >= 0.3 is 11.9 Å². The Labute approximate surface area is 289 Å². The summed E-state index contributed by atoms with van der Waals surface area (Å²) in [6.45, 7) is 8.27. The first-order chi connectivity index (χ1) is 24.3. The van der Waals surface area contributed by atoms with E-state index in [9.17, 15) is 19.8 Å². The van der Waals surface area contributed by atoms with Crippen molar-refractivity contribution in [2.75, 3.05) is 14.2 Å². The highest BCUT2D eigenvalue weighted by molar-refractivity contribution is 5.98. The van der Waals surface area contributed by atoms with Crippen LogP contribution in [0.3, 0.4) is 0 Å². The minimum atomic E-state index is -0.992. The second-order valence-corrected chi connectivity index (χ2v) is 10.9. The van der Waals surface area contributed by atoms with Crippen molar-refractivity contribution in [3.8, 4) is 45.0 Å². The van der Waals surface area contributed by atoms with E-state index in [0.717, 1.165) is 33.6 Å². The quantitative estimate of drug-likeness (QED) is 0.133. The molecule has 4 aromatic carbocycles. The normalized spacial score (nSPS) is 10.6. The van der Waals surface area contributed by atoms with Crippen LogP contribution in [0, 0.1) is 0 Å². The summed E-state index contributed by atoms with van der Waals surface area (Å²) < 4.78 is 13.9. The van der Waals surface area contributed by atoms with E-state index >= 15 is 0 Å². The van der Waals surface area contributed by atoms with Gasteiger partial charge in [-0.15, -0.1) is 0 Å². The Morgan fingerprint density at radius 3 is 1.54 bits per heavy atom. The summed E-state index contributed by atoms with van der Waals surface area (Å²) in [6.07, 6.45) is 3.41. The van der Waals surface area contributed by atoms with Crippen LogP contribution in [0.2, 0.25) is 0 Å². The highest BCUT2D eigenvalue weighted by atomic mass is 16.5. The average Bonchev–Trinajstić information content (AvgIpc) is 3.70. The molecular weight excluding hydrogens is 632 g/mol. The molecule has 2 N–H and O–H groups in total. The molecule has 6 rings (SSSR count). The number of ether oxygens (including phenoxy) is 2. The van der Waals surface area contributed by atoms with Gasteiger partial charge in [-0.3, -0.25) is 0 Å². The molecule has 0 aliphatic carbocycles. The Morgan fingerprint density at radius 1 is 0.600 bits per heavy atom. The van der Waals surface area contributed by atoms with Crippen LogP contribution in [0.5, 0.6) is 0 Å². The number of carbonyl (C=O) groups is 2. The summed E-state index contributed by atoms with van der Waals surface area (Å²) in [6, 6.07) is 33.2. The van der Waals surface area contributed by atoms with E-state index in [4.69, 9.17) is 9.47 Å². The number of nitrogens with zero attached hydrogens (tertiary/aromatic N) is 4. The lowest BCUT2D eigenvalue weighted by Crippen LogP contribution is -2.07. The third-order valence-electron chi connectivity index (χ3n) is 7.81. The molecule has 0 fully saturated rings.